The molecule has 0 saturated heterocycles. The van der Waals surface area contributed by atoms with Gasteiger partial charge < -0.3 is 15.4 Å². The van der Waals surface area contributed by atoms with Crippen LogP contribution in [0.3, 0.4) is 0 Å². The highest BCUT2D eigenvalue weighted by Crippen LogP contribution is 2.31. The molecule has 0 bridgehead atoms. The van der Waals surface area contributed by atoms with Crippen molar-refractivity contribution in [3.8, 4) is 5.75 Å². The van der Waals surface area contributed by atoms with Gasteiger partial charge in [-0.05, 0) is 37.5 Å². The maximum atomic E-state index is 5.95. The van der Waals surface area contributed by atoms with E-state index in [1.54, 1.807) is 0 Å². The van der Waals surface area contributed by atoms with Crippen molar-refractivity contribution in [2.45, 2.75) is 32.4 Å². The molecule has 0 aliphatic carbocycles. The third-order valence-electron chi connectivity index (χ3n) is 4.70. The number of hydrogen-bond acceptors (Lipinski definition) is 5. The van der Waals surface area contributed by atoms with Gasteiger partial charge in [-0.1, -0.05) is 36.4 Å². The number of fused-ring (bicyclic) bond motifs is 1. The summed E-state index contributed by atoms with van der Waals surface area (Å²) in [6, 6.07) is 18.5. The molecular weight excluding hydrogens is 336 g/mol. The highest BCUT2D eigenvalue weighted by Gasteiger charge is 2.20. The second kappa shape index (κ2) is 8.08. The molecule has 1 atom stereocenters. The lowest BCUT2D eigenvalue weighted by Crippen LogP contribution is -2.12. The Kier molecular flexibility index (Phi) is 5.19. The van der Waals surface area contributed by atoms with E-state index in [1.165, 1.54) is 0 Å². The molecule has 0 radical (unpaired) electrons. The molecule has 27 heavy (non-hydrogen) atoms. The van der Waals surface area contributed by atoms with Gasteiger partial charge in [-0.15, -0.1) is 0 Å². The van der Waals surface area contributed by atoms with Crippen LogP contribution < -0.4 is 15.4 Å². The molecule has 2 N–H and O–H groups in total. The first-order valence-corrected chi connectivity index (χ1v) is 9.39. The van der Waals surface area contributed by atoms with E-state index in [2.05, 4.69) is 44.9 Å². The Hall–Kier alpha value is -3.08. The average molecular weight is 360 g/mol. The zero-order valence-electron chi connectivity index (χ0n) is 15.5. The number of aromatic nitrogens is 2. The Morgan fingerprint density at radius 1 is 1.15 bits per heavy atom. The van der Waals surface area contributed by atoms with E-state index in [0.29, 0.717) is 6.61 Å². The molecule has 1 aliphatic heterocycles. The number of rotatable bonds is 5. The van der Waals surface area contributed by atoms with Gasteiger partial charge in [0.25, 0.3) is 0 Å². The van der Waals surface area contributed by atoms with Crippen molar-refractivity contribution in [2.24, 2.45) is 0 Å². The molecular formula is C22H24N4O. The molecule has 1 aliphatic rings. The molecule has 0 fully saturated rings. The number of nitrogens with one attached hydrogen (secondary N) is 2. The molecule has 138 valence electrons. The molecule has 2 aromatic carbocycles. The number of benzene rings is 2. The fourth-order valence-electron chi connectivity index (χ4n) is 3.31. The summed E-state index contributed by atoms with van der Waals surface area (Å²) in [4.78, 5) is 8.95. The van der Waals surface area contributed by atoms with E-state index in [9.17, 15) is 0 Å². The van der Waals surface area contributed by atoms with Crippen LogP contribution in [0.5, 0.6) is 5.75 Å². The Morgan fingerprint density at radius 3 is 2.93 bits per heavy atom. The SMILES string of the molecule is Cc1ncc2c(n1)NCCCC2Nc1cccc(OCc2ccccc2)c1. The van der Waals surface area contributed by atoms with E-state index >= 15 is 0 Å². The summed E-state index contributed by atoms with van der Waals surface area (Å²) >= 11 is 0. The van der Waals surface area contributed by atoms with Crippen molar-refractivity contribution >= 4 is 11.5 Å². The second-order valence-corrected chi connectivity index (χ2v) is 6.79. The smallest absolute Gasteiger partial charge is 0.134 e. The van der Waals surface area contributed by atoms with Crippen LogP contribution >= 0.6 is 0 Å². The minimum absolute atomic E-state index is 0.181. The van der Waals surface area contributed by atoms with Crippen molar-refractivity contribution in [1.82, 2.24) is 9.97 Å². The summed E-state index contributed by atoms with van der Waals surface area (Å²) in [5.41, 5.74) is 3.32. The van der Waals surface area contributed by atoms with Gasteiger partial charge in [-0.25, -0.2) is 9.97 Å². The van der Waals surface area contributed by atoms with Gasteiger partial charge in [-0.2, -0.15) is 0 Å². The fraction of sp³-hybridized carbons (Fsp3) is 0.273. The normalized spacial score (nSPS) is 16.0. The predicted octanol–water partition coefficient (Wildman–Crippen LogP) is 4.72. The number of hydrogen-bond donors (Lipinski definition) is 2. The van der Waals surface area contributed by atoms with Crippen molar-refractivity contribution in [3.05, 3.63) is 77.7 Å². The zero-order valence-corrected chi connectivity index (χ0v) is 15.5. The van der Waals surface area contributed by atoms with Crippen LogP contribution in [0.25, 0.3) is 0 Å². The average Bonchev–Trinajstić information content (AvgIpc) is 2.89. The number of anilines is 2. The standard InChI is InChI=1S/C22H24N4O/c1-16-24-14-20-21(11-6-12-23-22(20)25-16)26-18-9-5-10-19(13-18)27-15-17-7-3-2-4-8-17/h2-5,7-10,13-14,21,26H,6,11-12,15H2,1H3,(H,23,24,25). The lowest BCUT2D eigenvalue weighted by Gasteiger charge is -2.20. The van der Waals surface area contributed by atoms with Crippen LogP contribution in [0, 0.1) is 6.92 Å². The first-order valence-electron chi connectivity index (χ1n) is 9.39. The van der Waals surface area contributed by atoms with Gasteiger partial charge in [-0.3, -0.25) is 0 Å². The van der Waals surface area contributed by atoms with E-state index in [-0.39, 0.29) is 6.04 Å². The first kappa shape index (κ1) is 17.3. The molecule has 1 aromatic heterocycles. The van der Waals surface area contributed by atoms with Gasteiger partial charge in [0.05, 0.1) is 6.04 Å². The maximum absolute atomic E-state index is 5.95. The highest BCUT2D eigenvalue weighted by molar-refractivity contribution is 5.54. The van der Waals surface area contributed by atoms with Gasteiger partial charge in [0.2, 0.25) is 0 Å². The summed E-state index contributed by atoms with van der Waals surface area (Å²) in [6.07, 6.45) is 4.04. The molecule has 5 nitrogen and oxygen atoms in total. The molecule has 3 aromatic rings. The minimum atomic E-state index is 0.181. The predicted molar refractivity (Wildman–Crippen MR) is 108 cm³/mol. The third kappa shape index (κ3) is 4.37. The van der Waals surface area contributed by atoms with Crippen LogP contribution in [0.1, 0.15) is 35.8 Å². The van der Waals surface area contributed by atoms with Crippen molar-refractivity contribution in [2.75, 3.05) is 17.2 Å². The lowest BCUT2D eigenvalue weighted by atomic mass is 10.0. The summed E-state index contributed by atoms with van der Waals surface area (Å²) in [7, 11) is 0. The van der Waals surface area contributed by atoms with Crippen molar-refractivity contribution < 1.29 is 4.74 Å². The number of aryl methyl sites for hydroxylation is 1. The third-order valence-corrected chi connectivity index (χ3v) is 4.70. The van der Waals surface area contributed by atoms with Crippen LogP contribution in [0.2, 0.25) is 0 Å². The zero-order chi connectivity index (χ0) is 18.5. The number of nitrogens with zero attached hydrogens (tertiary/aromatic N) is 2. The lowest BCUT2D eigenvalue weighted by molar-refractivity contribution is 0.306. The van der Waals surface area contributed by atoms with Crippen LogP contribution in [0.15, 0.2) is 60.8 Å². The summed E-state index contributed by atoms with van der Waals surface area (Å²) < 4.78 is 5.95. The molecule has 2 heterocycles. The van der Waals surface area contributed by atoms with E-state index < -0.39 is 0 Å². The monoisotopic (exact) mass is 360 g/mol. The molecule has 4 rings (SSSR count). The van der Waals surface area contributed by atoms with Crippen molar-refractivity contribution in [3.63, 3.8) is 0 Å². The summed E-state index contributed by atoms with van der Waals surface area (Å²) in [6.45, 7) is 3.41. The summed E-state index contributed by atoms with van der Waals surface area (Å²) in [5.74, 6) is 2.59. The Balaban J connectivity index is 1.48. The van der Waals surface area contributed by atoms with Gasteiger partial charge in [0.15, 0.2) is 0 Å². The van der Waals surface area contributed by atoms with E-state index in [4.69, 9.17) is 4.74 Å². The molecule has 1 unspecified atom stereocenters. The second-order valence-electron chi connectivity index (χ2n) is 6.79. The maximum Gasteiger partial charge on any atom is 0.134 e. The quantitative estimate of drug-likeness (QED) is 0.689. The van der Waals surface area contributed by atoms with Gasteiger partial charge >= 0.3 is 0 Å². The fourth-order valence-corrected chi connectivity index (χ4v) is 3.31. The van der Waals surface area contributed by atoms with Crippen LogP contribution in [0.4, 0.5) is 11.5 Å². The van der Waals surface area contributed by atoms with Crippen LogP contribution in [-0.4, -0.2) is 16.5 Å². The Labute approximate surface area is 159 Å². The Bertz CT molecular complexity index is 898. The number of ether oxygens (including phenoxy) is 1. The molecule has 5 heteroatoms. The highest BCUT2D eigenvalue weighted by atomic mass is 16.5. The minimum Gasteiger partial charge on any atom is -0.489 e. The van der Waals surface area contributed by atoms with Crippen molar-refractivity contribution in [1.29, 1.82) is 0 Å². The first-order chi connectivity index (χ1) is 13.3. The molecule has 0 spiro atoms. The molecule has 0 saturated carbocycles. The molecule has 0 amide bonds. The van der Waals surface area contributed by atoms with E-state index in [0.717, 1.165) is 53.6 Å². The van der Waals surface area contributed by atoms with Gasteiger partial charge in [0.1, 0.15) is 24.0 Å². The largest absolute Gasteiger partial charge is 0.489 e. The Morgan fingerprint density at radius 2 is 2.04 bits per heavy atom. The van der Waals surface area contributed by atoms with E-state index in [1.807, 2.05) is 43.5 Å². The topological polar surface area (TPSA) is 59.1 Å². The van der Waals surface area contributed by atoms with Crippen LogP contribution in [-0.2, 0) is 6.61 Å². The summed E-state index contributed by atoms with van der Waals surface area (Å²) in [5, 5.41) is 7.05. The van der Waals surface area contributed by atoms with Gasteiger partial charge in [0, 0.05) is 30.1 Å².